The first-order valence-electron chi connectivity index (χ1n) is 6.98. The number of sulfone groups is 1. The van der Waals surface area contributed by atoms with Crippen molar-refractivity contribution in [2.75, 3.05) is 12.8 Å². The molecule has 0 aliphatic rings. The van der Waals surface area contributed by atoms with Crippen molar-refractivity contribution < 1.29 is 8.42 Å². The molecular weight excluding hydrogens is 270 g/mol. The van der Waals surface area contributed by atoms with Gasteiger partial charge in [0.1, 0.15) is 0 Å². The zero-order chi connectivity index (χ0) is 15.6. The summed E-state index contributed by atoms with van der Waals surface area (Å²) in [7, 11) is -1.30. The van der Waals surface area contributed by atoms with Crippen molar-refractivity contribution in [1.29, 1.82) is 0 Å². The Morgan fingerprint density at radius 2 is 1.60 bits per heavy atom. The van der Waals surface area contributed by atoms with Crippen LogP contribution in [0.25, 0.3) is 0 Å². The van der Waals surface area contributed by atoms with Crippen molar-refractivity contribution >= 4 is 9.84 Å². The van der Waals surface area contributed by atoms with Crippen molar-refractivity contribution in [3.63, 3.8) is 0 Å². The summed E-state index contributed by atoms with van der Waals surface area (Å²) >= 11 is 0. The summed E-state index contributed by atoms with van der Waals surface area (Å²) < 4.78 is 24.8. The topological polar surface area (TPSA) is 46.2 Å². The molecule has 114 valence electrons. The van der Waals surface area contributed by atoms with Crippen LogP contribution in [-0.4, -0.2) is 27.3 Å². The average Bonchev–Trinajstić information content (AvgIpc) is 2.22. The monoisotopic (exact) mass is 297 g/mol. The number of hydrogen-bond donors (Lipinski definition) is 1. The van der Waals surface area contributed by atoms with E-state index in [1.54, 1.807) is 0 Å². The van der Waals surface area contributed by atoms with Crippen molar-refractivity contribution in [3.8, 4) is 0 Å². The molecular formula is C16H27NO2S. The standard InChI is InChI=1S/C16H27NO2S/c1-12-7-13(2)9-14(8-12)10-20(18,19)11-15(17-6)16(3,4)5/h7-9,15,17H,10-11H2,1-6H3. The van der Waals surface area contributed by atoms with Gasteiger partial charge in [0.15, 0.2) is 9.84 Å². The average molecular weight is 297 g/mol. The minimum atomic E-state index is -3.13. The molecule has 20 heavy (non-hydrogen) atoms. The first-order chi connectivity index (χ1) is 9.03. The maximum atomic E-state index is 12.4. The third-order valence-corrected chi connectivity index (χ3v) is 5.10. The number of benzene rings is 1. The molecule has 0 bridgehead atoms. The van der Waals surface area contributed by atoms with E-state index in [1.165, 1.54) is 0 Å². The minimum Gasteiger partial charge on any atom is -0.315 e. The quantitative estimate of drug-likeness (QED) is 0.909. The smallest absolute Gasteiger partial charge is 0.155 e. The molecule has 0 amide bonds. The van der Waals surface area contributed by atoms with E-state index >= 15 is 0 Å². The second-order valence-electron chi connectivity index (χ2n) is 6.76. The second-order valence-corrected chi connectivity index (χ2v) is 8.87. The fourth-order valence-electron chi connectivity index (χ4n) is 2.49. The number of hydrogen-bond acceptors (Lipinski definition) is 3. The van der Waals surface area contributed by atoms with Gasteiger partial charge >= 0.3 is 0 Å². The summed E-state index contributed by atoms with van der Waals surface area (Å²) in [6.45, 7) is 10.2. The predicted molar refractivity (Wildman–Crippen MR) is 85.7 cm³/mol. The van der Waals surface area contributed by atoms with Crippen LogP contribution in [0.5, 0.6) is 0 Å². The Bertz CT molecular complexity index is 536. The van der Waals surface area contributed by atoms with Gasteiger partial charge in [-0.05, 0) is 31.9 Å². The van der Waals surface area contributed by atoms with Gasteiger partial charge in [-0.25, -0.2) is 8.42 Å². The number of nitrogens with one attached hydrogen (secondary N) is 1. The molecule has 0 radical (unpaired) electrons. The molecule has 0 aliphatic carbocycles. The maximum absolute atomic E-state index is 12.4. The molecule has 1 unspecified atom stereocenters. The Balaban J connectivity index is 2.89. The molecule has 3 nitrogen and oxygen atoms in total. The predicted octanol–water partition coefficient (Wildman–Crippen LogP) is 2.85. The third-order valence-electron chi connectivity index (χ3n) is 3.48. The van der Waals surface area contributed by atoms with Gasteiger partial charge in [-0.2, -0.15) is 0 Å². The Hall–Kier alpha value is -0.870. The van der Waals surface area contributed by atoms with E-state index < -0.39 is 9.84 Å². The zero-order valence-electron chi connectivity index (χ0n) is 13.4. The lowest BCUT2D eigenvalue weighted by Gasteiger charge is -2.30. The highest BCUT2D eigenvalue weighted by molar-refractivity contribution is 7.90. The van der Waals surface area contributed by atoms with Crippen LogP contribution in [0.2, 0.25) is 0 Å². The van der Waals surface area contributed by atoms with Crippen molar-refractivity contribution in [2.24, 2.45) is 5.41 Å². The van der Waals surface area contributed by atoms with Gasteiger partial charge < -0.3 is 5.32 Å². The van der Waals surface area contributed by atoms with Crippen LogP contribution in [0.3, 0.4) is 0 Å². The van der Waals surface area contributed by atoms with Crippen LogP contribution in [-0.2, 0) is 15.6 Å². The molecule has 0 heterocycles. The SMILES string of the molecule is CNC(CS(=O)(=O)Cc1cc(C)cc(C)c1)C(C)(C)C. The molecule has 0 saturated heterocycles. The summed E-state index contributed by atoms with van der Waals surface area (Å²) in [4.78, 5) is 0. The Morgan fingerprint density at radius 1 is 1.10 bits per heavy atom. The van der Waals surface area contributed by atoms with E-state index in [-0.39, 0.29) is 23.0 Å². The van der Waals surface area contributed by atoms with E-state index in [0.29, 0.717) is 0 Å². The molecule has 0 aliphatic heterocycles. The largest absolute Gasteiger partial charge is 0.315 e. The van der Waals surface area contributed by atoms with Crippen LogP contribution in [0, 0.1) is 19.3 Å². The lowest BCUT2D eigenvalue weighted by Crippen LogP contribution is -2.43. The molecule has 0 spiro atoms. The molecule has 1 N–H and O–H groups in total. The third kappa shape index (κ3) is 5.25. The molecule has 1 atom stereocenters. The minimum absolute atomic E-state index is 0.0431. The van der Waals surface area contributed by atoms with E-state index in [0.717, 1.165) is 16.7 Å². The summed E-state index contributed by atoms with van der Waals surface area (Å²) in [5.41, 5.74) is 3.02. The molecule has 1 rings (SSSR count). The van der Waals surface area contributed by atoms with Crippen LogP contribution < -0.4 is 5.32 Å². The fraction of sp³-hybridized carbons (Fsp3) is 0.625. The summed E-state index contributed by atoms with van der Waals surface area (Å²) in [5, 5.41) is 3.13. The lowest BCUT2D eigenvalue weighted by atomic mass is 9.88. The van der Waals surface area contributed by atoms with Gasteiger partial charge in [0.2, 0.25) is 0 Å². The first kappa shape index (κ1) is 17.2. The molecule has 4 heteroatoms. The molecule has 0 aromatic heterocycles. The highest BCUT2D eigenvalue weighted by atomic mass is 32.2. The van der Waals surface area contributed by atoms with E-state index in [1.807, 2.05) is 33.0 Å². The van der Waals surface area contributed by atoms with Crippen molar-refractivity contribution in [2.45, 2.75) is 46.4 Å². The first-order valence-corrected chi connectivity index (χ1v) is 8.80. The molecule has 1 aromatic rings. The Morgan fingerprint density at radius 3 is 2.00 bits per heavy atom. The van der Waals surface area contributed by atoms with Gasteiger partial charge in [-0.1, -0.05) is 50.1 Å². The van der Waals surface area contributed by atoms with E-state index in [4.69, 9.17) is 0 Å². The Labute approximate surface area is 123 Å². The van der Waals surface area contributed by atoms with Gasteiger partial charge in [0.25, 0.3) is 0 Å². The van der Waals surface area contributed by atoms with Crippen molar-refractivity contribution in [3.05, 3.63) is 34.9 Å². The van der Waals surface area contributed by atoms with E-state index in [9.17, 15) is 8.42 Å². The van der Waals surface area contributed by atoms with Gasteiger partial charge in [0, 0.05) is 6.04 Å². The fourth-order valence-corrected chi connectivity index (χ4v) is 4.45. The summed E-state index contributed by atoms with van der Waals surface area (Å²) in [5.74, 6) is 0.282. The molecule has 0 fully saturated rings. The lowest BCUT2D eigenvalue weighted by molar-refractivity contribution is 0.302. The van der Waals surface area contributed by atoms with Gasteiger partial charge in [-0.15, -0.1) is 0 Å². The van der Waals surface area contributed by atoms with Gasteiger partial charge in [0.05, 0.1) is 11.5 Å². The highest BCUT2D eigenvalue weighted by Gasteiger charge is 2.28. The molecule has 1 aromatic carbocycles. The summed E-state index contributed by atoms with van der Waals surface area (Å²) in [6.07, 6.45) is 0. The normalized spacial score (nSPS) is 14.3. The van der Waals surface area contributed by atoms with E-state index in [2.05, 4.69) is 32.2 Å². The van der Waals surface area contributed by atoms with Crippen LogP contribution >= 0.6 is 0 Å². The number of aryl methyl sites for hydroxylation is 2. The maximum Gasteiger partial charge on any atom is 0.155 e. The zero-order valence-corrected chi connectivity index (χ0v) is 14.3. The van der Waals surface area contributed by atoms with Crippen LogP contribution in [0.1, 0.15) is 37.5 Å². The summed E-state index contributed by atoms with van der Waals surface area (Å²) in [6, 6.07) is 5.92. The van der Waals surface area contributed by atoms with Crippen molar-refractivity contribution in [1.82, 2.24) is 5.32 Å². The van der Waals surface area contributed by atoms with Crippen LogP contribution in [0.15, 0.2) is 18.2 Å². The highest BCUT2D eigenvalue weighted by Crippen LogP contribution is 2.22. The Kier molecular flexibility index (Phi) is 5.39. The van der Waals surface area contributed by atoms with Gasteiger partial charge in [-0.3, -0.25) is 0 Å². The molecule has 0 saturated carbocycles. The second kappa shape index (κ2) is 6.27. The van der Waals surface area contributed by atoms with Crippen LogP contribution in [0.4, 0.5) is 0 Å². The number of rotatable bonds is 5.